The molecule has 0 fully saturated rings. The van der Waals surface area contributed by atoms with Gasteiger partial charge in [-0.3, -0.25) is 4.79 Å². The summed E-state index contributed by atoms with van der Waals surface area (Å²) in [5, 5.41) is 11.9. The molecule has 0 aliphatic heterocycles. The lowest BCUT2D eigenvalue weighted by Crippen LogP contribution is -2.47. The van der Waals surface area contributed by atoms with Gasteiger partial charge in [0.15, 0.2) is 17.9 Å². The normalized spacial score (nSPS) is 13.0. The molecule has 2 N–H and O–H groups in total. The van der Waals surface area contributed by atoms with Crippen molar-refractivity contribution in [1.82, 2.24) is 5.32 Å². The minimum Gasteiger partial charge on any atom is -0.448 e. The Hall–Kier alpha value is -3.19. The number of ketones is 1. The third-order valence-electron chi connectivity index (χ3n) is 4.57. The molecule has 0 aliphatic rings. The molecule has 172 valence electrons. The number of amides is 1. The van der Waals surface area contributed by atoms with Crippen LogP contribution >= 0.6 is 0 Å². The maximum Gasteiger partial charge on any atom is 0.408 e. The number of ether oxygens (including phenoxy) is 2. The molecule has 2 rings (SSSR count). The van der Waals surface area contributed by atoms with Crippen LogP contribution in [0.4, 0.5) is 4.79 Å². The number of aliphatic hydroxyl groups excluding tert-OH is 1. The van der Waals surface area contributed by atoms with Crippen molar-refractivity contribution in [2.75, 3.05) is 6.61 Å². The number of benzene rings is 2. The van der Waals surface area contributed by atoms with Crippen LogP contribution in [-0.4, -0.2) is 41.2 Å². The number of aliphatic hydroxyl groups is 1. The molecule has 7 nitrogen and oxygen atoms in total. The van der Waals surface area contributed by atoms with Crippen molar-refractivity contribution >= 4 is 17.8 Å². The van der Waals surface area contributed by atoms with E-state index in [1.54, 1.807) is 32.9 Å². The van der Waals surface area contributed by atoms with Crippen LogP contribution in [-0.2, 0) is 25.5 Å². The van der Waals surface area contributed by atoms with Crippen LogP contribution < -0.4 is 5.32 Å². The van der Waals surface area contributed by atoms with Crippen LogP contribution in [0.15, 0.2) is 54.6 Å². The van der Waals surface area contributed by atoms with E-state index < -0.39 is 36.4 Å². The van der Waals surface area contributed by atoms with E-state index in [0.717, 1.165) is 11.1 Å². The highest BCUT2D eigenvalue weighted by Crippen LogP contribution is 2.23. The smallest absolute Gasteiger partial charge is 0.408 e. The number of nitrogens with one attached hydrogen (secondary N) is 1. The van der Waals surface area contributed by atoms with Crippen molar-refractivity contribution in [2.45, 2.75) is 58.3 Å². The lowest BCUT2D eigenvalue weighted by Gasteiger charge is -2.24. The van der Waals surface area contributed by atoms with Crippen molar-refractivity contribution in [3.8, 4) is 0 Å². The maximum atomic E-state index is 13.0. The Morgan fingerprint density at radius 2 is 1.62 bits per heavy atom. The average Bonchev–Trinajstić information content (AvgIpc) is 2.74. The molecule has 7 heteroatoms. The van der Waals surface area contributed by atoms with E-state index >= 15 is 0 Å². The fourth-order valence-electron chi connectivity index (χ4n) is 2.93. The van der Waals surface area contributed by atoms with Gasteiger partial charge in [-0.1, -0.05) is 60.2 Å². The zero-order chi connectivity index (χ0) is 23.7. The maximum absolute atomic E-state index is 13.0. The van der Waals surface area contributed by atoms with Gasteiger partial charge in [0, 0.05) is 6.42 Å². The molecule has 0 spiro atoms. The van der Waals surface area contributed by atoms with Crippen molar-refractivity contribution in [3.05, 3.63) is 71.3 Å². The Kier molecular flexibility index (Phi) is 8.96. The van der Waals surface area contributed by atoms with E-state index in [4.69, 9.17) is 9.47 Å². The monoisotopic (exact) mass is 441 g/mol. The van der Waals surface area contributed by atoms with Gasteiger partial charge >= 0.3 is 12.1 Å². The first-order chi connectivity index (χ1) is 15.1. The standard InChI is InChI=1S/C25H31NO6/c1-17-10-13-19(14-11-17)22(21(28)15-12-18-8-6-5-7-9-18)31-23(29)20(16-27)26-24(30)32-25(2,3)4/h5-11,13-14,20,22,27H,12,15-16H2,1-4H3,(H,26,30)/t20-,22?/m0/s1. The van der Waals surface area contributed by atoms with Crippen molar-refractivity contribution in [2.24, 2.45) is 0 Å². The number of hydrogen-bond donors (Lipinski definition) is 2. The third-order valence-corrected chi connectivity index (χ3v) is 4.57. The van der Waals surface area contributed by atoms with E-state index in [2.05, 4.69) is 5.32 Å². The average molecular weight is 442 g/mol. The molecule has 2 atom stereocenters. The third kappa shape index (κ3) is 8.15. The molecule has 2 aromatic carbocycles. The molecule has 32 heavy (non-hydrogen) atoms. The molecule has 2 aromatic rings. The lowest BCUT2D eigenvalue weighted by molar-refractivity contribution is -0.158. The Balaban J connectivity index is 2.13. The number of hydrogen-bond acceptors (Lipinski definition) is 6. The highest BCUT2D eigenvalue weighted by atomic mass is 16.6. The van der Waals surface area contributed by atoms with Crippen LogP contribution in [0.1, 0.15) is 50.0 Å². The molecule has 0 bridgehead atoms. The molecule has 0 saturated heterocycles. The fraction of sp³-hybridized carbons (Fsp3) is 0.400. The lowest BCUT2D eigenvalue weighted by atomic mass is 9.99. The second kappa shape index (κ2) is 11.4. The molecule has 1 amide bonds. The van der Waals surface area contributed by atoms with Gasteiger partial charge in [-0.2, -0.15) is 0 Å². The van der Waals surface area contributed by atoms with Crippen molar-refractivity contribution in [3.63, 3.8) is 0 Å². The Morgan fingerprint density at radius 3 is 2.19 bits per heavy atom. The van der Waals surface area contributed by atoms with E-state index in [0.29, 0.717) is 12.0 Å². The molecular weight excluding hydrogens is 410 g/mol. The van der Waals surface area contributed by atoms with Crippen molar-refractivity contribution in [1.29, 1.82) is 0 Å². The summed E-state index contributed by atoms with van der Waals surface area (Å²) < 4.78 is 10.6. The van der Waals surface area contributed by atoms with Gasteiger partial charge in [0.05, 0.1) is 6.61 Å². The second-order valence-corrected chi connectivity index (χ2v) is 8.56. The largest absolute Gasteiger partial charge is 0.448 e. The summed E-state index contributed by atoms with van der Waals surface area (Å²) in [6.45, 7) is 6.25. The van der Waals surface area contributed by atoms with E-state index in [1.165, 1.54) is 0 Å². The SMILES string of the molecule is Cc1ccc(C(OC(=O)[C@H](CO)NC(=O)OC(C)(C)C)C(=O)CCc2ccccc2)cc1. The number of Topliss-reactive ketones (excluding diaryl/α,β-unsaturated/α-hetero) is 1. The number of carbonyl (C=O) groups excluding carboxylic acids is 3. The first-order valence-electron chi connectivity index (χ1n) is 10.5. The summed E-state index contributed by atoms with van der Waals surface area (Å²) in [5.74, 6) is -1.20. The molecule has 1 unspecified atom stereocenters. The minimum absolute atomic E-state index is 0.166. The van der Waals surface area contributed by atoms with Crippen LogP contribution in [0, 0.1) is 6.92 Å². The molecule has 0 radical (unpaired) electrons. The van der Waals surface area contributed by atoms with Crippen LogP contribution in [0.3, 0.4) is 0 Å². The van der Waals surface area contributed by atoms with Crippen LogP contribution in [0.2, 0.25) is 0 Å². The van der Waals surface area contributed by atoms with Crippen molar-refractivity contribution < 1.29 is 29.0 Å². The van der Waals surface area contributed by atoms with E-state index in [1.807, 2.05) is 49.4 Å². The summed E-state index contributed by atoms with van der Waals surface area (Å²) in [7, 11) is 0. The zero-order valence-corrected chi connectivity index (χ0v) is 19.0. The zero-order valence-electron chi connectivity index (χ0n) is 19.0. The highest BCUT2D eigenvalue weighted by molar-refractivity contribution is 5.89. The summed E-state index contributed by atoms with van der Waals surface area (Å²) in [6, 6.07) is 15.3. The van der Waals surface area contributed by atoms with Gasteiger partial charge in [0.2, 0.25) is 0 Å². The van der Waals surface area contributed by atoms with E-state index in [-0.39, 0.29) is 12.2 Å². The first kappa shape index (κ1) is 25.1. The summed E-state index contributed by atoms with van der Waals surface area (Å²) in [5.41, 5.74) is 1.74. The number of alkyl carbamates (subject to hydrolysis) is 1. The van der Waals surface area contributed by atoms with Crippen LogP contribution in [0.5, 0.6) is 0 Å². The molecule has 0 saturated carbocycles. The minimum atomic E-state index is -1.36. The Labute approximate surface area is 188 Å². The topological polar surface area (TPSA) is 102 Å². The van der Waals surface area contributed by atoms with E-state index in [9.17, 15) is 19.5 Å². The van der Waals surface area contributed by atoms with Gasteiger partial charge in [-0.05, 0) is 45.2 Å². The first-order valence-corrected chi connectivity index (χ1v) is 10.5. The Morgan fingerprint density at radius 1 is 1.00 bits per heavy atom. The van der Waals surface area contributed by atoms with Crippen LogP contribution in [0.25, 0.3) is 0 Å². The number of aryl methyl sites for hydroxylation is 2. The molecule has 0 aromatic heterocycles. The highest BCUT2D eigenvalue weighted by Gasteiger charge is 2.30. The van der Waals surface area contributed by atoms with Gasteiger partial charge < -0.3 is 19.9 Å². The molecule has 0 aliphatic carbocycles. The quantitative estimate of drug-likeness (QED) is 0.576. The molecular formula is C25H31NO6. The molecule has 0 heterocycles. The predicted molar refractivity (Wildman–Crippen MR) is 120 cm³/mol. The second-order valence-electron chi connectivity index (χ2n) is 8.56. The number of rotatable bonds is 9. The summed E-state index contributed by atoms with van der Waals surface area (Å²) in [6.07, 6.45) is -1.35. The fourth-order valence-corrected chi connectivity index (χ4v) is 2.93. The Bertz CT molecular complexity index is 902. The summed E-state index contributed by atoms with van der Waals surface area (Å²) >= 11 is 0. The van der Waals surface area contributed by atoms with Gasteiger partial charge in [0.1, 0.15) is 5.60 Å². The predicted octanol–water partition coefficient (Wildman–Crippen LogP) is 3.67. The number of esters is 1. The van der Waals surface area contributed by atoms with Gasteiger partial charge in [-0.25, -0.2) is 9.59 Å². The summed E-state index contributed by atoms with van der Waals surface area (Å²) in [4.78, 5) is 37.7. The number of carbonyl (C=O) groups is 3. The van der Waals surface area contributed by atoms with Gasteiger partial charge in [0.25, 0.3) is 0 Å². The van der Waals surface area contributed by atoms with Gasteiger partial charge in [-0.15, -0.1) is 0 Å².